The van der Waals surface area contributed by atoms with E-state index < -0.39 is 0 Å². The molecule has 0 fully saturated rings. The normalized spacial score (nSPS) is 10.3. The molecule has 0 aliphatic heterocycles. The average molecular weight is 259 g/mol. The van der Waals surface area contributed by atoms with Gasteiger partial charge in [0, 0.05) is 4.90 Å². The van der Waals surface area contributed by atoms with Gasteiger partial charge in [-0.1, -0.05) is 29.4 Å². The van der Waals surface area contributed by atoms with Gasteiger partial charge in [-0.15, -0.1) is 0 Å². The second kappa shape index (κ2) is 4.83. The third kappa shape index (κ3) is 2.62. The lowest BCUT2D eigenvalue weighted by Crippen LogP contribution is -1.82. The molecule has 0 N–H and O–H groups in total. The van der Waals surface area contributed by atoms with Gasteiger partial charge < -0.3 is 4.74 Å². The van der Waals surface area contributed by atoms with E-state index in [-0.39, 0.29) is 0 Å². The number of rotatable bonds is 3. The van der Waals surface area contributed by atoms with Crippen LogP contribution in [0.25, 0.3) is 0 Å². The van der Waals surface area contributed by atoms with Crippen LogP contribution in [-0.2, 0) is 0 Å². The van der Waals surface area contributed by atoms with Crippen LogP contribution >= 0.6 is 35.1 Å². The van der Waals surface area contributed by atoms with Gasteiger partial charge in [-0.25, -0.2) is 0 Å². The molecule has 6 heteroatoms. The molecule has 1 aromatic carbocycles. The molecule has 0 bridgehead atoms. The highest BCUT2D eigenvalue weighted by molar-refractivity contribution is 7.99. The lowest BCUT2D eigenvalue weighted by Gasteiger charge is -2.01. The molecular weight excluding hydrogens is 252 g/mol. The van der Waals surface area contributed by atoms with Crippen molar-refractivity contribution in [1.82, 2.24) is 8.75 Å². The highest BCUT2D eigenvalue weighted by Crippen LogP contribution is 2.32. The predicted molar refractivity (Wildman–Crippen MR) is 62.0 cm³/mol. The van der Waals surface area contributed by atoms with Crippen LogP contribution < -0.4 is 4.74 Å². The molecule has 1 heterocycles. The van der Waals surface area contributed by atoms with E-state index in [1.165, 1.54) is 11.8 Å². The summed E-state index contributed by atoms with van der Waals surface area (Å²) in [6.07, 6.45) is 0. The van der Waals surface area contributed by atoms with E-state index in [0.29, 0.717) is 5.15 Å². The van der Waals surface area contributed by atoms with Gasteiger partial charge >= 0.3 is 0 Å². The van der Waals surface area contributed by atoms with Crippen LogP contribution in [0.1, 0.15) is 0 Å². The van der Waals surface area contributed by atoms with Crippen molar-refractivity contribution >= 4 is 35.1 Å². The Balaban J connectivity index is 2.21. The number of hydrogen-bond acceptors (Lipinski definition) is 5. The number of ether oxygens (including phenoxy) is 1. The molecule has 0 unspecified atom stereocenters. The maximum Gasteiger partial charge on any atom is 0.177 e. The Morgan fingerprint density at radius 3 is 2.93 bits per heavy atom. The second-order valence-electron chi connectivity index (χ2n) is 2.64. The number of benzene rings is 1. The van der Waals surface area contributed by atoms with Crippen LogP contribution in [0.15, 0.2) is 34.2 Å². The zero-order valence-electron chi connectivity index (χ0n) is 7.81. The second-order valence-corrected chi connectivity index (χ2v) is 4.59. The number of hydrogen-bond donors (Lipinski definition) is 0. The first-order valence-corrected chi connectivity index (χ1v) is 6.02. The topological polar surface area (TPSA) is 35.0 Å². The van der Waals surface area contributed by atoms with Crippen molar-refractivity contribution in [2.75, 3.05) is 7.11 Å². The minimum atomic E-state index is 0.452. The van der Waals surface area contributed by atoms with Gasteiger partial charge in [0.25, 0.3) is 0 Å². The quantitative estimate of drug-likeness (QED) is 0.846. The summed E-state index contributed by atoms with van der Waals surface area (Å²) in [5.74, 6) is 0.819. The van der Waals surface area contributed by atoms with E-state index in [4.69, 9.17) is 16.3 Å². The number of aromatic nitrogens is 2. The molecule has 0 radical (unpaired) electrons. The van der Waals surface area contributed by atoms with Crippen molar-refractivity contribution in [2.24, 2.45) is 0 Å². The van der Waals surface area contributed by atoms with E-state index in [2.05, 4.69) is 8.75 Å². The van der Waals surface area contributed by atoms with Gasteiger partial charge in [0.1, 0.15) is 5.75 Å². The van der Waals surface area contributed by atoms with E-state index in [0.717, 1.165) is 27.4 Å². The molecule has 3 nitrogen and oxygen atoms in total. The van der Waals surface area contributed by atoms with Crippen molar-refractivity contribution in [3.8, 4) is 5.75 Å². The average Bonchev–Trinajstić information content (AvgIpc) is 2.65. The van der Waals surface area contributed by atoms with Gasteiger partial charge in [0.15, 0.2) is 10.2 Å². The van der Waals surface area contributed by atoms with E-state index in [9.17, 15) is 0 Å². The molecule has 0 aliphatic rings. The maximum absolute atomic E-state index is 5.85. The van der Waals surface area contributed by atoms with Crippen LogP contribution in [0, 0.1) is 0 Å². The van der Waals surface area contributed by atoms with Crippen LogP contribution in [0.5, 0.6) is 5.75 Å². The molecule has 2 aromatic rings. The molecular formula is C9H7ClN2OS2. The fourth-order valence-corrected chi connectivity index (χ4v) is 2.65. The minimum absolute atomic E-state index is 0.452. The van der Waals surface area contributed by atoms with Crippen molar-refractivity contribution in [3.63, 3.8) is 0 Å². The van der Waals surface area contributed by atoms with Crippen LogP contribution in [0.3, 0.4) is 0 Å². The summed E-state index contributed by atoms with van der Waals surface area (Å²) in [5.41, 5.74) is 0. The summed E-state index contributed by atoms with van der Waals surface area (Å²) in [6, 6.07) is 7.73. The van der Waals surface area contributed by atoms with Crippen LogP contribution in [0.4, 0.5) is 0 Å². The summed E-state index contributed by atoms with van der Waals surface area (Å²) in [5, 5.41) is 1.18. The highest BCUT2D eigenvalue weighted by Gasteiger charge is 2.07. The highest BCUT2D eigenvalue weighted by atomic mass is 35.5. The summed E-state index contributed by atoms with van der Waals surface area (Å²) < 4.78 is 13.1. The first-order valence-electron chi connectivity index (χ1n) is 4.09. The Bertz CT molecular complexity index is 461. The van der Waals surface area contributed by atoms with Crippen molar-refractivity contribution in [1.29, 1.82) is 0 Å². The largest absolute Gasteiger partial charge is 0.497 e. The molecule has 0 spiro atoms. The Morgan fingerprint density at radius 2 is 2.27 bits per heavy atom. The predicted octanol–water partition coefficient (Wildman–Crippen LogP) is 3.35. The molecule has 78 valence electrons. The molecule has 0 amide bonds. The molecule has 2 rings (SSSR count). The molecule has 15 heavy (non-hydrogen) atoms. The first kappa shape index (κ1) is 10.7. The molecule has 1 aromatic heterocycles. The molecule has 0 atom stereocenters. The number of methoxy groups -OCH3 is 1. The van der Waals surface area contributed by atoms with Gasteiger partial charge in [-0.3, -0.25) is 0 Å². The van der Waals surface area contributed by atoms with Gasteiger partial charge in [-0.05, 0) is 18.2 Å². The lowest BCUT2D eigenvalue weighted by molar-refractivity contribution is 0.413. The summed E-state index contributed by atoms with van der Waals surface area (Å²) in [6.45, 7) is 0. The monoisotopic (exact) mass is 258 g/mol. The minimum Gasteiger partial charge on any atom is -0.497 e. The van der Waals surface area contributed by atoms with Crippen molar-refractivity contribution < 1.29 is 4.74 Å². The van der Waals surface area contributed by atoms with E-state index >= 15 is 0 Å². The standard InChI is InChI=1S/C9H7ClN2OS2/c1-13-6-3-2-4-7(5-6)14-9-8(10)11-15-12-9/h2-5H,1H3. The van der Waals surface area contributed by atoms with Crippen molar-refractivity contribution in [3.05, 3.63) is 29.4 Å². The Hall–Kier alpha value is -0.780. The number of halogens is 1. The first-order chi connectivity index (χ1) is 7.29. The van der Waals surface area contributed by atoms with E-state index in [1.807, 2.05) is 24.3 Å². The van der Waals surface area contributed by atoms with Gasteiger partial charge in [0.2, 0.25) is 0 Å². The fourth-order valence-electron chi connectivity index (χ4n) is 1.01. The number of nitrogens with zero attached hydrogens (tertiary/aromatic N) is 2. The summed E-state index contributed by atoms with van der Waals surface area (Å²) >= 11 is 8.43. The smallest absolute Gasteiger partial charge is 0.177 e. The lowest BCUT2D eigenvalue weighted by atomic mass is 10.3. The third-order valence-electron chi connectivity index (χ3n) is 1.68. The maximum atomic E-state index is 5.85. The third-order valence-corrected chi connectivity index (χ3v) is 3.76. The Kier molecular flexibility index (Phi) is 3.45. The van der Waals surface area contributed by atoms with Gasteiger partial charge in [-0.2, -0.15) is 8.75 Å². The zero-order valence-corrected chi connectivity index (χ0v) is 10.2. The van der Waals surface area contributed by atoms with Gasteiger partial charge in [0.05, 0.1) is 18.8 Å². The molecule has 0 saturated heterocycles. The molecule has 0 saturated carbocycles. The Labute approximate surface area is 101 Å². The SMILES string of the molecule is COc1cccc(Sc2nsnc2Cl)c1. The molecule has 0 aliphatic carbocycles. The van der Waals surface area contributed by atoms with E-state index in [1.54, 1.807) is 7.11 Å². The van der Waals surface area contributed by atoms with Crippen LogP contribution in [-0.4, -0.2) is 15.9 Å². The fraction of sp³-hybridized carbons (Fsp3) is 0.111. The summed E-state index contributed by atoms with van der Waals surface area (Å²) in [7, 11) is 1.64. The zero-order chi connectivity index (χ0) is 10.7. The van der Waals surface area contributed by atoms with Crippen LogP contribution in [0.2, 0.25) is 5.15 Å². The summed E-state index contributed by atoms with van der Waals surface area (Å²) in [4.78, 5) is 1.03. The Morgan fingerprint density at radius 1 is 1.40 bits per heavy atom. The van der Waals surface area contributed by atoms with Crippen molar-refractivity contribution in [2.45, 2.75) is 9.92 Å².